The summed E-state index contributed by atoms with van der Waals surface area (Å²) in [5.41, 5.74) is 3.23. The number of nitrogens with one attached hydrogen (secondary N) is 1. The van der Waals surface area contributed by atoms with Crippen LogP contribution in [-0.2, 0) is 11.2 Å². The number of aliphatic carboxylic acids is 1. The molecule has 0 radical (unpaired) electrons. The molecule has 11 heteroatoms. The first-order valence-electron chi connectivity index (χ1n) is 12.0. The predicted octanol–water partition coefficient (Wildman–Crippen LogP) is 7.06. The van der Waals surface area contributed by atoms with Crippen LogP contribution in [0, 0.1) is 0 Å². The number of allylic oxidation sites excluding steroid dienone is 5. The van der Waals surface area contributed by atoms with Gasteiger partial charge in [-0.15, -0.1) is 24.5 Å². The number of halogens is 4. The van der Waals surface area contributed by atoms with Crippen LogP contribution in [0.3, 0.4) is 0 Å². The van der Waals surface area contributed by atoms with Crippen molar-refractivity contribution >= 4 is 28.8 Å². The quantitative estimate of drug-likeness (QED) is 0.179. The van der Waals surface area contributed by atoms with Gasteiger partial charge >= 0.3 is 12.3 Å². The third kappa shape index (κ3) is 9.19. The molecule has 2 N–H and O–H groups in total. The Morgan fingerprint density at radius 2 is 1.80 bits per heavy atom. The van der Waals surface area contributed by atoms with Gasteiger partial charge in [-0.2, -0.15) is 0 Å². The molecule has 1 amide bonds. The topological polar surface area (TPSA) is 88.5 Å². The Morgan fingerprint density at radius 1 is 1.12 bits per heavy atom. The van der Waals surface area contributed by atoms with Gasteiger partial charge in [0.05, 0.1) is 12.1 Å². The van der Waals surface area contributed by atoms with E-state index in [0.29, 0.717) is 33.8 Å². The maximum Gasteiger partial charge on any atom is 0.573 e. The molecule has 0 spiro atoms. The van der Waals surface area contributed by atoms with Crippen molar-refractivity contribution in [2.45, 2.75) is 32.0 Å². The number of thiazole rings is 1. The van der Waals surface area contributed by atoms with Crippen molar-refractivity contribution in [2.24, 2.45) is 0 Å². The highest BCUT2D eigenvalue weighted by molar-refractivity contribution is 7.09. The molecule has 0 saturated carbocycles. The summed E-state index contributed by atoms with van der Waals surface area (Å²) in [6, 6.07) is 12.3. The molecule has 0 fully saturated rings. The van der Waals surface area contributed by atoms with Crippen molar-refractivity contribution in [1.82, 2.24) is 10.3 Å². The first kappa shape index (κ1) is 30.3. The van der Waals surface area contributed by atoms with Gasteiger partial charge in [0, 0.05) is 23.4 Å². The highest BCUT2D eigenvalue weighted by atomic mass is 32.1. The largest absolute Gasteiger partial charge is 0.573 e. The second-order valence-electron chi connectivity index (χ2n) is 8.65. The molecular formula is C29H26F4N2O4S. The second kappa shape index (κ2) is 13.7. The van der Waals surface area contributed by atoms with Crippen LogP contribution in [0.1, 0.15) is 51.4 Å². The Kier molecular flexibility index (Phi) is 10.4. The van der Waals surface area contributed by atoms with Crippen molar-refractivity contribution in [3.05, 3.63) is 112 Å². The smallest absolute Gasteiger partial charge is 0.481 e. The molecule has 1 unspecified atom stereocenters. The van der Waals surface area contributed by atoms with Gasteiger partial charge in [0.15, 0.2) is 0 Å². The van der Waals surface area contributed by atoms with Crippen molar-refractivity contribution in [1.29, 1.82) is 0 Å². The summed E-state index contributed by atoms with van der Waals surface area (Å²) in [5, 5.41) is 13.8. The van der Waals surface area contributed by atoms with Gasteiger partial charge in [0.25, 0.3) is 5.91 Å². The van der Waals surface area contributed by atoms with Gasteiger partial charge in [0.1, 0.15) is 16.6 Å². The number of carbonyl (C=O) groups is 2. The van der Waals surface area contributed by atoms with E-state index in [2.05, 4.69) is 16.6 Å². The van der Waals surface area contributed by atoms with Gasteiger partial charge in [-0.1, -0.05) is 36.9 Å². The van der Waals surface area contributed by atoms with Crippen molar-refractivity contribution in [3.8, 4) is 5.75 Å². The molecule has 2 aromatic carbocycles. The fourth-order valence-electron chi connectivity index (χ4n) is 3.65. The number of carboxylic acids is 1. The van der Waals surface area contributed by atoms with E-state index < -0.39 is 24.1 Å². The van der Waals surface area contributed by atoms with E-state index in [4.69, 9.17) is 10.1 Å². The Labute approximate surface area is 232 Å². The number of hydrogen-bond donors (Lipinski definition) is 2. The molecule has 3 rings (SSSR count). The molecule has 6 nitrogen and oxygen atoms in total. The standard InChI is InChI=1S/C29H26F4N2O4S/c1-3-22(30)11-4-18(2)25-17-40-28(35-25)24(20-9-12-23(13-10-20)39-29(31,32)33)16-19-5-7-21(8-6-19)27(38)34-15-14-26(36)37/h3-13,17,24H,1,14-16H2,2H3,(H,34,38)(H,36,37)/b18-4+,22-11+. The number of amides is 1. The second-order valence-corrected chi connectivity index (χ2v) is 9.54. The highest BCUT2D eigenvalue weighted by Crippen LogP contribution is 2.34. The molecule has 40 heavy (non-hydrogen) atoms. The lowest BCUT2D eigenvalue weighted by molar-refractivity contribution is -0.274. The van der Waals surface area contributed by atoms with Crippen LogP contribution in [0.25, 0.3) is 5.57 Å². The molecule has 1 aromatic heterocycles. The summed E-state index contributed by atoms with van der Waals surface area (Å²) in [5.74, 6) is -2.60. The Morgan fingerprint density at radius 3 is 2.40 bits per heavy atom. The number of hydrogen-bond acceptors (Lipinski definition) is 5. The highest BCUT2D eigenvalue weighted by Gasteiger charge is 2.31. The van der Waals surface area contributed by atoms with E-state index >= 15 is 0 Å². The molecule has 0 aliphatic carbocycles. The van der Waals surface area contributed by atoms with Crippen LogP contribution < -0.4 is 10.1 Å². The molecular weight excluding hydrogens is 548 g/mol. The van der Waals surface area contributed by atoms with Crippen LogP contribution in [0.4, 0.5) is 17.6 Å². The molecule has 1 atom stereocenters. The van der Waals surface area contributed by atoms with Crippen LogP contribution in [0.5, 0.6) is 5.75 Å². The predicted molar refractivity (Wildman–Crippen MR) is 145 cm³/mol. The van der Waals surface area contributed by atoms with Crippen LogP contribution >= 0.6 is 11.3 Å². The SMILES string of the molecule is C=C/C(F)=C\C=C(/C)c1csc(C(Cc2ccc(C(=O)NCCC(=O)O)cc2)c2ccc(OC(F)(F)F)cc2)n1. The van der Waals surface area contributed by atoms with Crippen LogP contribution in [0.15, 0.2) is 84.5 Å². The zero-order valence-corrected chi connectivity index (χ0v) is 22.2. The monoisotopic (exact) mass is 574 g/mol. The first-order valence-corrected chi connectivity index (χ1v) is 12.9. The molecule has 0 aliphatic rings. The van der Waals surface area contributed by atoms with Crippen LogP contribution in [-0.4, -0.2) is 34.9 Å². The average Bonchev–Trinajstić information content (AvgIpc) is 3.40. The van der Waals surface area contributed by atoms with E-state index in [1.165, 1.54) is 29.5 Å². The Balaban J connectivity index is 1.87. The van der Waals surface area contributed by atoms with E-state index in [9.17, 15) is 27.2 Å². The first-order chi connectivity index (χ1) is 18.9. The maximum atomic E-state index is 13.5. The number of benzene rings is 2. The van der Waals surface area contributed by atoms with Gasteiger partial charge in [-0.05, 0) is 66.5 Å². The zero-order chi connectivity index (χ0) is 29.3. The maximum absolute atomic E-state index is 13.5. The lowest BCUT2D eigenvalue weighted by atomic mass is 9.92. The average molecular weight is 575 g/mol. The molecule has 210 valence electrons. The number of alkyl halides is 3. The number of ether oxygens (including phenoxy) is 1. The summed E-state index contributed by atoms with van der Waals surface area (Å²) < 4.78 is 55.4. The molecule has 0 aliphatic heterocycles. The number of carboxylic acid groups (broad SMARTS) is 1. The van der Waals surface area contributed by atoms with E-state index in [0.717, 1.165) is 11.6 Å². The summed E-state index contributed by atoms with van der Waals surface area (Å²) in [6.45, 7) is 5.16. The number of nitrogens with zero attached hydrogens (tertiary/aromatic N) is 1. The summed E-state index contributed by atoms with van der Waals surface area (Å²) >= 11 is 1.36. The molecule has 0 saturated heterocycles. The van der Waals surface area contributed by atoms with Gasteiger partial charge in [0.2, 0.25) is 0 Å². The van der Waals surface area contributed by atoms with Crippen LogP contribution in [0.2, 0.25) is 0 Å². The fraction of sp³-hybridized carbons (Fsp3) is 0.207. The normalized spacial score (nSPS) is 13.0. The van der Waals surface area contributed by atoms with E-state index in [1.807, 2.05) is 5.38 Å². The minimum absolute atomic E-state index is 0.00229. The summed E-state index contributed by atoms with van der Waals surface area (Å²) in [4.78, 5) is 27.6. The van der Waals surface area contributed by atoms with Gasteiger partial charge in [-0.25, -0.2) is 9.37 Å². The van der Waals surface area contributed by atoms with Crippen molar-refractivity contribution in [3.63, 3.8) is 0 Å². The molecule has 1 heterocycles. The Hall–Kier alpha value is -4.25. The molecule has 3 aromatic rings. The number of carbonyl (C=O) groups excluding carboxylic acids is 1. The minimum Gasteiger partial charge on any atom is -0.481 e. The Bertz CT molecular complexity index is 1390. The van der Waals surface area contributed by atoms with Crippen molar-refractivity contribution in [2.75, 3.05) is 6.54 Å². The van der Waals surface area contributed by atoms with Gasteiger partial charge < -0.3 is 15.2 Å². The number of rotatable bonds is 12. The fourth-order valence-corrected chi connectivity index (χ4v) is 4.66. The third-order valence-corrected chi connectivity index (χ3v) is 6.67. The van der Waals surface area contributed by atoms with Gasteiger partial charge in [-0.3, -0.25) is 9.59 Å². The lowest BCUT2D eigenvalue weighted by Crippen LogP contribution is -2.25. The third-order valence-electron chi connectivity index (χ3n) is 5.71. The summed E-state index contributed by atoms with van der Waals surface area (Å²) in [6.07, 6.45) is -0.644. The minimum atomic E-state index is -4.81. The zero-order valence-electron chi connectivity index (χ0n) is 21.4. The van der Waals surface area contributed by atoms with E-state index in [1.54, 1.807) is 49.4 Å². The lowest BCUT2D eigenvalue weighted by Gasteiger charge is -2.17. The van der Waals surface area contributed by atoms with E-state index in [-0.39, 0.29) is 24.6 Å². The number of aromatic nitrogens is 1. The summed E-state index contributed by atoms with van der Waals surface area (Å²) in [7, 11) is 0. The van der Waals surface area contributed by atoms with Crippen molar-refractivity contribution < 1.29 is 37.0 Å². The molecule has 0 bridgehead atoms.